The summed E-state index contributed by atoms with van der Waals surface area (Å²) in [7, 11) is 0. The van der Waals surface area contributed by atoms with Crippen LogP contribution in [0, 0.1) is 5.82 Å². The van der Waals surface area contributed by atoms with Crippen molar-refractivity contribution in [1.82, 2.24) is 0 Å². The molecule has 0 spiro atoms. The highest BCUT2D eigenvalue weighted by Crippen LogP contribution is 2.34. The zero-order valence-electron chi connectivity index (χ0n) is 10.4. The fourth-order valence-electron chi connectivity index (χ4n) is 1.74. The topological polar surface area (TPSA) is 29.5 Å². The summed E-state index contributed by atoms with van der Waals surface area (Å²) in [6.07, 6.45) is -0.00596. The van der Waals surface area contributed by atoms with E-state index in [4.69, 9.17) is 4.74 Å². The molecule has 2 rings (SSSR count). The van der Waals surface area contributed by atoms with Gasteiger partial charge in [-0.05, 0) is 40.5 Å². The third-order valence-electron chi connectivity index (χ3n) is 2.78. The van der Waals surface area contributed by atoms with Crippen LogP contribution in [0.1, 0.15) is 25.0 Å². The molecule has 0 radical (unpaired) electrons. The normalized spacial score (nSPS) is 12.2. The first-order valence-corrected chi connectivity index (χ1v) is 6.81. The minimum Gasteiger partial charge on any atom is -0.456 e. The maximum Gasteiger partial charge on any atom is 0.144 e. The van der Waals surface area contributed by atoms with Crippen LogP contribution in [0.3, 0.4) is 0 Å². The van der Waals surface area contributed by atoms with E-state index < -0.39 is 6.10 Å². The van der Waals surface area contributed by atoms with E-state index in [2.05, 4.69) is 15.9 Å². The van der Waals surface area contributed by atoms with Crippen molar-refractivity contribution in [3.05, 3.63) is 58.3 Å². The molecule has 0 aliphatic rings. The number of halogens is 2. The number of para-hydroxylation sites is 1. The number of aliphatic hydroxyl groups is 1. The third-order valence-corrected chi connectivity index (χ3v) is 3.43. The van der Waals surface area contributed by atoms with Gasteiger partial charge in [0, 0.05) is 11.6 Å². The monoisotopic (exact) mass is 324 g/mol. The Morgan fingerprint density at radius 3 is 2.68 bits per heavy atom. The molecule has 100 valence electrons. The van der Waals surface area contributed by atoms with Crippen LogP contribution in [-0.4, -0.2) is 5.11 Å². The molecule has 0 heterocycles. The Balaban J connectivity index is 2.35. The molecule has 2 nitrogen and oxygen atoms in total. The van der Waals surface area contributed by atoms with Gasteiger partial charge in [-0.2, -0.15) is 0 Å². The zero-order valence-corrected chi connectivity index (χ0v) is 12.0. The molecular weight excluding hydrogens is 311 g/mol. The van der Waals surface area contributed by atoms with Crippen LogP contribution in [0.5, 0.6) is 11.5 Å². The van der Waals surface area contributed by atoms with E-state index >= 15 is 0 Å². The molecule has 0 aromatic heterocycles. The minimum absolute atomic E-state index is 0.369. The summed E-state index contributed by atoms with van der Waals surface area (Å²) in [4.78, 5) is 0. The summed E-state index contributed by atoms with van der Waals surface area (Å²) in [5.41, 5.74) is 0.696. The van der Waals surface area contributed by atoms with E-state index in [0.29, 0.717) is 28.0 Å². The molecule has 0 bridgehead atoms. The molecule has 19 heavy (non-hydrogen) atoms. The summed E-state index contributed by atoms with van der Waals surface area (Å²) in [6, 6.07) is 11.4. The SMILES string of the molecule is CC[C@@H](O)c1ccccc1Oc1cc(F)ccc1Br. The molecule has 4 heteroatoms. The lowest BCUT2D eigenvalue weighted by atomic mass is 10.1. The lowest BCUT2D eigenvalue weighted by Gasteiger charge is -2.15. The first-order chi connectivity index (χ1) is 9.11. The summed E-state index contributed by atoms with van der Waals surface area (Å²) in [6.45, 7) is 1.89. The number of hydrogen-bond donors (Lipinski definition) is 1. The molecule has 0 saturated carbocycles. The maximum absolute atomic E-state index is 13.2. The Morgan fingerprint density at radius 2 is 1.95 bits per heavy atom. The quantitative estimate of drug-likeness (QED) is 0.873. The Morgan fingerprint density at radius 1 is 1.21 bits per heavy atom. The fourth-order valence-corrected chi connectivity index (χ4v) is 2.07. The van der Waals surface area contributed by atoms with Crippen LogP contribution in [0.25, 0.3) is 0 Å². The third kappa shape index (κ3) is 3.33. The molecule has 0 unspecified atom stereocenters. The van der Waals surface area contributed by atoms with Crippen molar-refractivity contribution in [1.29, 1.82) is 0 Å². The minimum atomic E-state index is -0.594. The molecule has 0 amide bonds. The van der Waals surface area contributed by atoms with E-state index in [-0.39, 0.29) is 5.82 Å². The van der Waals surface area contributed by atoms with Crippen molar-refractivity contribution in [2.75, 3.05) is 0 Å². The van der Waals surface area contributed by atoms with Crippen LogP contribution >= 0.6 is 15.9 Å². The summed E-state index contributed by atoms with van der Waals surface area (Å²) < 4.78 is 19.6. The molecule has 0 aliphatic carbocycles. The van der Waals surface area contributed by atoms with Crippen LogP contribution in [0.4, 0.5) is 4.39 Å². The smallest absolute Gasteiger partial charge is 0.144 e. The molecule has 0 aliphatic heterocycles. The summed E-state index contributed by atoms with van der Waals surface area (Å²) >= 11 is 3.31. The van der Waals surface area contributed by atoms with Gasteiger partial charge in [0.15, 0.2) is 0 Å². The van der Waals surface area contributed by atoms with Gasteiger partial charge < -0.3 is 9.84 Å². The molecule has 2 aromatic carbocycles. The highest BCUT2D eigenvalue weighted by Gasteiger charge is 2.13. The first kappa shape index (κ1) is 14.0. The Hall–Kier alpha value is -1.39. The van der Waals surface area contributed by atoms with Crippen molar-refractivity contribution in [3.63, 3.8) is 0 Å². The molecule has 0 saturated heterocycles. The number of rotatable bonds is 4. The van der Waals surface area contributed by atoms with Crippen LogP contribution < -0.4 is 4.74 Å². The maximum atomic E-state index is 13.2. The highest BCUT2D eigenvalue weighted by molar-refractivity contribution is 9.10. The average Bonchev–Trinajstić information content (AvgIpc) is 2.42. The Kier molecular flexibility index (Phi) is 4.56. The lowest BCUT2D eigenvalue weighted by molar-refractivity contribution is 0.170. The Labute approximate surface area is 120 Å². The second kappa shape index (κ2) is 6.17. The Bertz CT molecular complexity index is 572. The van der Waals surface area contributed by atoms with Gasteiger partial charge in [0.05, 0.1) is 10.6 Å². The number of ether oxygens (including phenoxy) is 1. The molecule has 0 fully saturated rings. The summed E-state index contributed by atoms with van der Waals surface area (Å²) in [5.74, 6) is 0.547. The average molecular weight is 325 g/mol. The van der Waals surface area contributed by atoms with E-state index in [9.17, 15) is 9.50 Å². The van der Waals surface area contributed by atoms with E-state index in [1.54, 1.807) is 18.2 Å². The fraction of sp³-hybridized carbons (Fsp3) is 0.200. The molecular formula is C15H14BrFO2. The van der Waals surface area contributed by atoms with Crippen molar-refractivity contribution in [2.45, 2.75) is 19.4 Å². The van der Waals surface area contributed by atoms with E-state index in [1.807, 2.05) is 19.1 Å². The number of benzene rings is 2. The van der Waals surface area contributed by atoms with Crippen molar-refractivity contribution < 1.29 is 14.2 Å². The predicted octanol–water partition coefficient (Wildman–Crippen LogP) is 4.82. The van der Waals surface area contributed by atoms with Crippen LogP contribution in [0.15, 0.2) is 46.9 Å². The van der Waals surface area contributed by atoms with E-state index in [0.717, 1.165) is 0 Å². The van der Waals surface area contributed by atoms with Crippen LogP contribution in [-0.2, 0) is 0 Å². The van der Waals surface area contributed by atoms with Gasteiger partial charge in [0.25, 0.3) is 0 Å². The standard InChI is InChI=1S/C15H14BrFO2/c1-2-13(18)11-5-3-4-6-14(11)19-15-9-10(17)7-8-12(15)16/h3-9,13,18H,2H2,1H3/t13-/m1/s1. The number of hydrogen-bond acceptors (Lipinski definition) is 2. The van der Waals surface area contributed by atoms with Crippen molar-refractivity contribution in [3.8, 4) is 11.5 Å². The van der Waals surface area contributed by atoms with Gasteiger partial charge in [-0.3, -0.25) is 0 Å². The number of aliphatic hydroxyl groups excluding tert-OH is 1. The molecule has 1 atom stereocenters. The zero-order chi connectivity index (χ0) is 13.8. The van der Waals surface area contributed by atoms with Gasteiger partial charge >= 0.3 is 0 Å². The second-order valence-electron chi connectivity index (χ2n) is 4.14. The van der Waals surface area contributed by atoms with E-state index in [1.165, 1.54) is 12.1 Å². The largest absolute Gasteiger partial charge is 0.456 e. The van der Waals surface area contributed by atoms with Gasteiger partial charge in [0.1, 0.15) is 17.3 Å². The van der Waals surface area contributed by atoms with Crippen molar-refractivity contribution >= 4 is 15.9 Å². The molecule has 1 N–H and O–H groups in total. The predicted molar refractivity (Wildman–Crippen MR) is 75.9 cm³/mol. The van der Waals surface area contributed by atoms with Gasteiger partial charge in [-0.1, -0.05) is 25.1 Å². The lowest BCUT2D eigenvalue weighted by Crippen LogP contribution is -1.99. The highest BCUT2D eigenvalue weighted by atomic mass is 79.9. The van der Waals surface area contributed by atoms with Gasteiger partial charge in [0.2, 0.25) is 0 Å². The second-order valence-corrected chi connectivity index (χ2v) is 4.99. The first-order valence-electron chi connectivity index (χ1n) is 6.01. The van der Waals surface area contributed by atoms with Crippen molar-refractivity contribution in [2.24, 2.45) is 0 Å². The summed E-state index contributed by atoms with van der Waals surface area (Å²) in [5, 5.41) is 9.95. The van der Waals surface area contributed by atoms with Crippen LogP contribution in [0.2, 0.25) is 0 Å². The van der Waals surface area contributed by atoms with Gasteiger partial charge in [-0.15, -0.1) is 0 Å². The van der Waals surface area contributed by atoms with Gasteiger partial charge in [-0.25, -0.2) is 4.39 Å². The molecule has 2 aromatic rings.